The number of likely N-dealkylation sites (tertiary alicyclic amines) is 1. The Morgan fingerprint density at radius 1 is 1.27 bits per heavy atom. The van der Waals surface area contributed by atoms with Crippen LogP contribution in [0.1, 0.15) is 33.7 Å². The molecule has 0 bridgehead atoms. The third kappa shape index (κ3) is 3.52. The number of hydrogen-bond donors (Lipinski definition) is 2. The third-order valence-electron chi connectivity index (χ3n) is 4.65. The normalized spacial score (nSPS) is 20.3. The fourth-order valence-electron chi connectivity index (χ4n) is 3.41. The lowest BCUT2D eigenvalue weighted by Crippen LogP contribution is -2.40. The van der Waals surface area contributed by atoms with Crippen LogP contribution in [0.25, 0.3) is 0 Å². The fraction of sp³-hybridized carbons (Fsp3) is 0.316. The van der Waals surface area contributed by atoms with Crippen molar-refractivity contribution in [2.75, 3.05) is 13.1 Å². The zero-order chi connectivity index (χ0) is 17.9. The SMILES string of the molecule is Cc1nc([C@@H]2CN(Cc3ccco3)C[C@H]2NC(=O)c2ccccc2)n[nH]1. The quantitative estimate of drug-likeness (QED) is 0.735. The maximum absolute atomic E-state index is 12.6. The van der Waals surface area contributed by atoms with E-state index in [0.29, 0.717) is 12.1 Å². The van der Waals surface area contributed by atoms with E-state index in [4.69, 9.17) is 4.42 Å². The number of H-pyrrole nitrogens is 1. The van der Waals surface area contributed by atoms with Crippen LogP contribution in [0.2, 0.25) is 0 Å². The Labute approximate surface area is 151 Å². The molecule has 1 amide bonds. The molecule has 2 atom stereocenters. The summed E-state index contributed by atoms with van der Waals surface area (Å²) in [5.74, 6) is 2.38. The van der Waals surface area contributed by atoms with Gasteiger partial charge in [0, 0.05) is 18.7 Å². The lowest BCUT2D eigenvalue weighted by Gasteiger charge is -2.17. The molecular weight excluding hydrogens is 330 g/mol. The van der Waals surface area contributed by atoms with Gasteiger partial charge in [0.2, 0.25) is 0 Å². The molecule has 3 aromatic rings. The van der Waals surface area contributed by atoms with Crippen LogP contribution in [0, 0.1) is 6.92 Å². The van der Waals surface area contributed by atoms with Gasteiger partial charge in [-0.15, -0.1) is 0 Å². The lowest BCUT2D eigenvalue weighted by molar-refractivity contribution is 0.0934. The smallest absolute Gasteiger partial charge is 0.251 e. The van der Waals surface area contributed by atoms with Crippen LogP contribution in [-0.4, -0.2) is 45.1 Å². The molecule has 3 heterocycles. The highest BCUT2D eigenvalue weighted by Gasteiger charge is 2.37. The summed E-state index contributed by atoms with van der Waals surface area (Å²) in [5, 5.41) is 10.4. The Hall–Kier alpha value is -2.93. The second kappa shape index (κ2) is 7.13. The van der Waals surface area contributed by atoms with Gasteiger partial charge in [0.05, 0.1) is 24.8 Å². The Balaban J connectivity index is 1.52. The largest absolute Gasteiger partial charge is 0.468 e. The monoisotopic (exact) mass is 351 g/mol. The fourth-order valence-corrected chi connectivity index (χ4v) is 3.41. The summed E-state index contributed by atoms with van der Waals surface area (Å²) in [6.45, 7) is 4.06. The van der Waals surface area contributed by atoms with Gasteiger partial charge in [0.15, 0.2) is 5.82 Å². The minimum absolute atomic E-state index is 0.0302. The minimum atomic E-state index is -0.0762. The third-order valence-corrected chi connectivity index (χ3v) is 4.65. The van der Waals surface area contributed by atoms with E-state index in [1.807, 2.05) is 49.4 Å². The number of nitrogens with zero attached hydrogens (tertiary/aromatic N) is 3. The Morgan fingerprint density at radius 3 is 2.81 bits per heavy atom. The number of aryl methyl sites for hydroxylation is 1. The predicted octanol–water partition coefficient (Wildman–Crippen LogP) is 2.10. The van der Waals surface area contributed by atoms with Crippen molar-refractivity contribution in [3.8, 4) is 0 Å². The molecule has 4 rings (SSSR count). The predicted molar refractivity (Wildman–Crippen MR) is 95.5 cm³/mol. The summed E-state index contributed by atoms with van der Waals surface area (Å²) in [7, 11) is 0. The summed E-state index contributed by atoms with van der Waals surface area (Å²) in [6, 6.07) is 13.0. The van der Waals surface area contributed by atoms with Crippen LogP contribution in [0.15, 0.2) is 53.1 Å². The minimum Gasteiger partial charge on any atom is -0.468 e. The van der Waals surface area contributed by atoms with E-state index in [1.54, 1.807) is 6.26 Å². The van der Waals surface area contributed by atoms with Crippen LogP contribution in [0.3, 0.4) is 0 Å². The molecule has 7 nitrogen and oxygen atoms in total. The molecule has 0 saturated carbocycles. The van der Waals surface area contributed by atoms with Gasteiger partial charge >= 0.3 is 0 Å². The van der Waals surface area contributed by atoms with Gasteiger partial charge in [-0.3, -0.25) is 14.8 Å². The Kier molecular flexibility index (Phi) is 4.53. The zero-order valence-corrected chi connectivity index (χ0v) is 14.6. The first kappa shape index (κ1) is 16.5. The summed E-state index contributed by atoms with van der Waals surface area (Å²) >= 11 is 0. The van der Waals surface area contributed by atoms with Crippen LogP contribution in [0.5, 0.6) is 0 Å². The van der Waals surface area contributed by atoms with Gasteiger partial charge in [0.25, 0.3) is 5.91 Å². The molecule has 1 aliphatic rings. The summed E-state index contributed by atoms with van der Waals surface area (Å²) in [4.78, 5) is 19.4. The summed E-state index contributed by atoms with van der Waals surface area (Å²) in [5.41, 5.74) is 0.655. The van der Waals surface area contributed by atoms with Crippen LogP contribution in [0.4, 0.5) is 0 Å². The van der Waals surface area contributed by atoms with Gasteiger partial charge in [-0.05, 0) is 31.2 Å². The van der Waals surface area contributed by atoms with Crippen molar-refractivity contribution in [1.29, 1.82) is 0 Å². The number of furan rings is 1. The molecule has 0 spiro atoms. The lowest BCUT2D eigenvalue weighted by atomic mass is 10.0. The molecule has 1 fully saturated rings. The van der Waals surface area contributed by atoms with Crippen molar-refractivity contribution in [1.82, 2.24) is 25.4 Å². The number of aromatic nitrogens is 3. The average Bonchev–Trinajstić information content (AvgIpc) is 3.38. The topological polar surface area (TPSA) is 87.1 Å². The number of carbonyl (C=O) groups is 1. The van der Waals surface area contributed by atoms with Gasteiger partial charge in [-0.2, -0.15) is 5.10 Å². The van der Waals surface area contributed by atoms with Gasteiger partial charge in [-0.1, -0.05) is 18.2 Å². The Morgan fingerprint density at radius 2 is 2.12 bits per heavy atom. The van der Waals surface area contributed by atoms with E-state index < -0.39 is 0 Å². The maximum atomic E-state index is 12.6. The standard InChI is InChI=1S/C19H21N5O2/c1-13-20-18(23-22-13)16-11-24(10-15-8-5-9-26-15)12-17(16)21-19(25)14-6-3-2-4-7-14/h2-9,16-17H,10-12H2,1H3,(H,21,25)(H,20,22,23)/t16-,17-/m1/s1. The molecule has 1 aliphatic heterocycles. The number of amides is 1. The number of aromatic amines is 1. The first-order chi connectivity index (χ1) is 12.7. The van der Waals surface area contributed by atoms with Crippen molar-refractivity contribution < 1.29 is 9.21 Å². The number of nitrogens with one attached hydrogen (secondary N) is 2. The molecule has 2 aromatic heterocycles. The molecule has 1 aromatic carbocycles. The first-order valence-electron chi connectivity index (χ1n) is 8.68. The molecule has 7 heteroatoms. The molecule has 0 aliphatic carbocycles. The van der Waals surface area contributed by atoms with Crippen LogP contribution < -0.4 is 5.32 Å². The molecule has 134 valence electrons. The van der Waals surface area contributed by atoms with Crippen molar-refractivity contribution in [2.45, 2.75) is 25.4 Å². The Bertz CT molecular complexity index is 859. The maximum Gasteiger partial charge on any atom is 0.251 e. The number of benzene rings is 1. The number of hydrogen-bond acceptors (Lipinski definition) is 5. The second-order valence-electron chi connectivity index (χ2n) is 6.60. The highest BCUT2D eigenvalue weighted by Crippen LogP contribution is 2.27. The molecule has 26 heavy (non-hydrogen) atoms. The van der Waals surface area contributed by atoms with E-state index in [-0.39, 0.29) is 17.9 Å². The molecule has 0 radical (unpaired) electrons. The average molecular weight is 351 g/mol. The van der Waals surface area contributed by atoms with Crippen molar-refractivity contribution in [3.05, 3.63) is 71.7 Å². The first-order valence-corrected chi connectivity index (χ1v) is 8.68. The van der Waals surface area contributed by atoms with E-state index in [2.05, 4.69) is 25.4 Å². The summed E-state index contributed by atoms with van der Waals surface area (Å²) in [6.07, 6.45) is 1.68. The second-order valence-corrected chi connectivity index (χ2v) is 6.60. The van der Waals surface area contributed by atoms with E-state index in [0.717, 1.165) is 30.5 Å². The van der Waals surface area contributed by atoms with E-state index >= 15 is 0 Å². The molecular formula is C19H21N5O2. The van der Waals surface area contributed by atoms with Crippen molar-refractivity contribution >= 4 is 5.91 Å². The van der Waals surface area contributed by atoms with Gasteiger partial charge in [-0.25, -0.2) is 4.98 Å². The van der Waals surface area contributed by atoms with E-state index in [9.17, 15) is 4.79 Å². The van der Waals surface area contributed by atoms with Crippen LogP contribution >= 0.6 is 0 Å². The highest BCUT2D eigenvalue weighted by molar-refractivity contribution is 5.94. The number of carbonyl (C=O) groups excluding carboxylic acids is 1. The molecule has 0 unspecified atom stereocenters. The zero-order valence-electron chi connectivity index (χ0n) is 14.6. The summed E-state index contributed by atoms with van der Waals surface area (Å²) < 4.78 is 5.46. The molecule has 1 saturated heterocycles. The highest BCUT2D eigenvalue weighted by atomic mass is 16.3. The number of rotatable bonds is 5. The van der Waals surface area contributed by atoms with E-state index in [1.165, 1.54) is 0 Å². The van der Waals surface area contributed by atoms with Crippen molar-refractivity contribution in [2.24, 2.45) is 0 Å². The van der Waals surface area contributed by atoms with Crippen LogP contribution in [-0.2, 0) is 6.54 Å². The van der Waals surface area contributed by atoms with Gasteiger partial charge < -0.3 is 9.73 Å². The molecule has 2 N–H and O–H groups in total. The van der Waals surface area contributed by atoms with Crippen molar-refractivity contribution in [3.63, 3.8) is 0 Å². The van der Waals surface area contributed by atoms with Gasteiger partial charge in [0.1, 0.15) is 11.6 Å².